The van der Waals surface area contributed by atoms with E-state index in [2.05, 4.69) is 26.8 Å². The Morgan fingerprint density at radius 3 is 2.17 bits per heavy atom. The van der Waals surface area contributed by atoms with E-state index in [1.807, 2.05) is 48.5 Å². The van der Waals surface area contributed by atoms with E-state index in [0.29, 0.717) is 48.9 Å². The maximum atomic E-state index is 14.2. The van der Waals surface area contributed by atoms with Crippen LogP contribution in [-0.4, -0.2) is 30.4 Å². The van der Waals surface area contributed by atoms with Crippen molar-refractivity contribution in [2.75, 3.05) is 6.61 Å². The molecule has 9 atom stereocenters. The van der Waals surface area contributed by atoms with Gasteiger partial charge in [0, 0.05) is 18.8 Å². The lowest BCUT2D eigenvalue weighted by atomic mass is 9.43. The number of carbonyl (C=O) groups excluding carboxylic acids is 3. The first-order valence-electron chi connectivity index (χ1n) is 16.7. The van der Waals surface area contributed by atoms with E-state index in [0.717, 1.165) is 50.5 Å². The Balaban J connectivity index is 0.00000134. The monoisotopic (exact) mass is 560 g/mol. The molecule has 0 bridgehead atoms. The van der Waals surface area contributed by atoms with Crippen LogP contribution in [0.2, 0.25) is 0 Å². The molecule has 5 heteroatoms. The maximum absolute atomic E-state index is 14.2. The molecule has 0 aromatic heterocycles. The smallest absolute Gasteiger partial charge is 0.305 e. The molecule has 4 rings (SSSR count). The van der Waals surface area contributed by atoms with Gasteiger partial charge in [0.05, 0.1) is 6.61 Å². The number of fused-ring (bicyclic) bond motifs is 5. The zero-order valence-electron chi connectivity index (χ0n) is 27.4. The molecular formula is C35H60O5. The Morgan fingerprint density at radius 1 is 0.950 bits per heavy atom. The summed E-state index contributed by atoms with van der Waals surface area (Å²) in [7, 11) is 0. The van der Waals surface area contributed by atoms with E-state index in [9.17, 15) is 14.4 Å². The molecule has 0 N–H and O–H groups in total. The molecule has 0 aliphatic heterocycles. The van der Waals surface area contributed by atoms with Crippen molar-refractivity contribution >= 4 is 17.7 Å². The standard InChI is InChI=1S/C31H48O5.2C2H6/c1-7-21-25-18-20(36-26(32)8-2)14-16-31(25,6)24-15-17-30(5)22(11-12-23(30)28(24)29(21)34)19(4)10-13-27(33)35-9-3;2*1-2/h7,19-20,22-25,28H,8-18H2,1-6H3;2*1-2H3/b21-7-;;/t19-,20-,22?,23?,24?,25?,28?,30?,31?;;/m1../s1. The van der Waals surface area contributed by atoms with Crippen molar-refractivity contribution in [1.82, 2.24) is 0 Å². The third-order valence-corrected chi connectivity index (χ3v) is 11.1. The molecule has 0 aromatic rings. The van der Waals surface area contributed by atoms with Crippen LogP contribution in [0.1, 0.15) is 133 Å². The summed E-state index contributed by atoms with van der Waals surface area (Å²) in [6.07, 6.45) is 11.0. The number of allylic oxidation sites excluding steroid dienone is 2. The molecule has 0 radical (unpaired) electrons. The van der Waals surface area contributed by atoms with Gasteiger partial charge >= 0.3 is 11.9 Å². The Hall–Kier alpha value is -1.65. The first-order chi connectivity index (χ1) is 19.1. The zero-order chi connectivity index (χ0) is 30.3. The summed E-state index contributed by atoms with van der Waals surface area (Å²) in [6.45, 7) is 21.3. The molecule has 4 fully saturated rings. The lowest BCUT2D eigenvalue weighted by Crippen LogP contribution is -2.58. The fraction of sp³-hybridized carbons (Fsp3) is 0.857. The number of hydrogen-bond donors (Lipinski definition) is 0. The number of hydrogen-bond acceptors (Lipinski definition) is 5. The van der Waals surface area contributed by atoms with Crippen molar-refractivity contribution in [1.29, 1.82) is 0 Å². The summed E-state index contributed by atoms with van der Waals surface area (Å²) in [5.41, 5.74) is 1.24. The van der Waals surface area contributed by atoms with Crippen LogP contribution < -0.4 is 0 Å². The first kappa shape index (κ1) is 34.6. The van der Waals surface area contributed by atoms with Gasteiger partial charge in [0.25, 0.3) is 0 Å². The van der Waals surface area contributed by atoms with E-state index in [1.54, 1.807) is 0 Å². The quantitative estimate of drug-likeness (QED) is 0.230. The summed E-state index contributed by atoms with van der Waals surface area (Å²) in [5, 5.41) is 0. The first-order valence-corrected chi connectivity index (χ1v) is 16.7. The molecule has 230 valence electrons. The van der Waals surface area contributed by atoms with E-state index in [-0.39, 0.29) is 40.7 Å². The van der Waals surface area contributed by atoms with Gasteiger partial charge in [-0.3, -0.25) is 14.4 Å². The van der Waals surface area contributed by atoms with Gasteiger partial charge in [-0.25, -0.2) is 0 Å². The van der Waals surface area contributed by atoms with E-state index < -0.39 is 0 Å². The summed E-state index contributed by atoms with van der Waals surface area (Å²) in [6, 6.07) is 0. The van der Waals surface area contributed by atoms with Crippen molar-refractivity contribution in [3.63, 3.8) is 0 Å². The fourth-order valence-electron chi connectivity index (χ4n) is 9.31. The normalized spacial score (nSPS) is 37.9. The molecule has 4 saturated carbocycles. The summed E-state index contributed by atoms with van der Waals surface area (Å²) in [4.78, 5) is 38.2. The Morgan fingerprint density at radius 2 is 1.57 bits per heavy atom. The van der Waals surface area contributed by atoms with Crippen LogP contribution in [0.4, 0.5) is 0 Å². The van der Waals surface area contributed by atoms with Gasteiger partial charge in [0.2, 0.25) is 0 Å². The van der Waals surface area contributed by atoms with Crippen molar-refractivity contribution < 1.29 is 23.9 Å². The highest BCUT2D eigenvalue weighted by molar-refractivity contribution is 5.99. The predicted molar refractivity (Wildman–Crippen MR) is 163 cm³/mol. The van der Waals surface area contributed by atoms with Crippen molar-refractivity contribution in [2.45, 2.75) is 140 Å². The lowest BCUT2D eigenvalue weighted by Gasteiger charge is -2.61. The van der Waals surface area contributed by atoms with Crippen LogP contribution in [0.3, 0.4) is 0 Å². The number of ketones is 1. The highest BCUT2D eigenvalue weighted by Crippen LogP contribution is 2.68. The Bertz CT molecular complexity index is 892. The predicted octanol–water partition coefficient (Wildman–Crippen LogP) is 8.73. The average molecular weight is 561 g/mol. The average Bonchev–Trinajstić information content (AvgIpc) is 3.32. The van der Waals surface area contributed by atoms with Gasteiger partial charge in [-0.2, -0.15) is 0 Å². The second-order valence-electron chi connectivity index (χ2n) is 12.7. The third-order valence-electron chi connectivity index (χ3n) is 11.1. The van der Waals surface area contributed by atoms with Crippen LogP contribution in [-0.2, 0) is 23.9 Å². The Kier molecular flexibility index (Phi) is 13.0. The molecule has 4 aliphatic carbocycles. The van der Waals surface area contributed by atoms with Crippen LogP contribution >= 0.6 is 0 Å². The summed E-state index contributed by atoms with van der Waals surface area (Å²) < 4.78 is 10.9. The van der Waals surface area contributed by atoms with E-state index in [4.69, 9.17) is 9.47 Å². The largest absolute Gasteiger partial charge is 0.466 e. The van der Waals surface area contributed by atoms with Crippen molar-refractivity contribution in [2.24, 2.45) is 46.3 Å². The number of ether oxygens (including phenoxy) is 2. The second-order valence-corrected chi connectivity index (χ2v) is 12.7. The molecule has 0 spiro atoms. The molecule has 7 unspecified atom stereocenters. The lowest BCUT2D eigenvalue weighted by molar-refractivity contribution is -0.161. The topological polar surface area (TPSA) is 69.7 Å². The SMILES string of the molecule is C/C=C1\C(=O)C2C(CCC3(C)C2CCC3[C@H](C)CCC(=O)OCC)C2(C)CC[C@@H](OC(=O)CC)CC12.CC.CC. The highest BCUT2D eigenvalue weighted by Gasteiger charge is 2.64. The van der Waals surface area contributed by atoms with Crippen LogP contribution in [0.15, 0.2) is 11.6 Å². The number of esters is 2. The van der Waals surface area contributed by atoms with Gasteiger partial charge < -0.3 is 9.47 Å². The van der Waals surface area contributed by atoms with E-state index in [1.165, 1.54) is 6.42 Å². The summed E-state index contributed by atoms with van der Waals surface area (Å²) in [5.74, 6) is 2.28. The number of rotatable bonds is 7. The van der Waals surface area contributed by atoms with Crippen LogP contribution in [0.25, 0.3) is 0 Å². The van der Waals surface area contributed by atoms with Crippen molar-refractivity contribution in [3.05, 3.63) is 11.6 Å². The molecule has 0 heterocycles. The maximum Gasteiger partial charge on any atom is 0.305 e. The van der Waals surface area contributed by atoms with Gasteiger partial charge in [-0.05, 0) is 111 Å². The molecule has 40 heavy (non-hydrogen) atoms. The number of Topliss-reactive ketones (excluding diaryl/α,β-unsaturated/α-hetero) is 1. The van der Waals surface area contributed by atoms with E-state index >= 15 is 0 Å². The minimum atomic E-state index is -0.131. The fourth-order valence-corrected chi connectivity index (χ4v) is 9.31. The second kappa shape index (κ2) is 15.0. The van der Waals surface area contributed by atoms with Gasteiger partial charge in [0.15, 0.2) is 5.78 Å². The Labute approximate surface area is 245 Å². The molecule has 5 nitrogen and oxygen atoms in total. The molecule has 0 amide bonds. The third kappa shape index (κ3) is 6.54. The van der Waals surface area contributed by atoms with Crippen LogP contribution in [0, 0.1) is 46.3 Å². The van der Waals surface area contributed by atoms with Gasteiger partial charge in [-0.15, -0.1) is 0 Å². The minimum Gasteiger partial charge on any atom is -0.466 e. The van der Waals surface area contributed by atoms with Crippen LogP contribution in [0.5, 0.6) is 0 Å². The molecule has 0 aromatic carbocycles. The molecular weight excluding hydrogens is 500 g/mol. The summed E-state index contributed by atoms with van der Waals surface area (Å²) >= 11 is 0. The highest BCUT2D eigenvalue weighted by atomic mass is 16.5. The van der Waals surface area contributed by atoms with Crippen molar-refractivity contribution in [3.8, 4) is 0 Å². The van der Waals surface area contributed by atoms with Gasteiger partial charge in [-0.1, -0.05) is 61.5 Å². The molecule has 0 saturated heterocycles. The van der Waals surface area contributed by atoms with Gasteiger partial charge in [0.1, 0.15) is 6.10 Å². The zero-order valence-corrected chi connectivity index (χ0v) is 27.4. The molecule has 4 aliphatic rings. The number of carbonyl (C=O) groups is 3. The minimum absolute atomic E-state index is 0.0696.